The zero-order valence-electron chi connectivity index (χ0n) is 9.88. The highest BCUT2D eigenvalue weighted by atomic mass is 32.2. The Balaban J connectivity index is 2.29. The Morgan fingerprint density at radius 1 is 1.65 bits per heavy atom. The summed E-state index contributed by atoms with van der Waals surface area (Å²) in [5.74, 6) is 0.445. The van der Waals surface area contributed by atoms with Crippen LogP contribution in [0.3, 0.4) is 0 Å². The van der Waals surface area contributed by atoms with Gasteiger partial charge in [-0.1, -0.05) is 6.07 Å². The Hall–Kier alpha value is -0.170. The van der Waals surface area contributed by atoms with Gasteiger partial charge >= 0.3 is 0 Å². The second-order valence-corrected chi connectivity index (χ2v) is 6.83. The molecule has 6 heteroatoms. The van der Waals surface area contributed by atoms with Crippen LogP contribution in [0.2, 0.25) is 0 Å². The zero-order chi connectivity index (χ0) is 12.7. The number of thioether (sulfide) groups is 2. The minimum Gasteiger partial charge on any atom is -0.395 e. The van der Waals surface area contributed by atoms with Crippen molar-refractivity contribution in [2.24, 2.45) is 0 Å². The van der Waals surface area contributed by atoms with E-state index in [1.165, 1.54) is 0 Å². The van der Waals surface area contributed by atoms with Crippen LogP contribution in [-0.4, -0.2) is 40.9 Å². The smallest absolute Gasteiger partial charge is 0.230 e. The number of nitrogens with one attached hydrogen (secondary N) is 1. The number of aliphatic hydroxyl groups excluding tert-OH is 1. The lowest BCUT2D eigenvalue weighted by Crippen LogP contribution is -2.42. The predicted molar refractivity (Wildman–Crippen MR) is 77.0 cm³/mol. The number of carbonyl (C=O) groups is 1. The summed E-state index contributed by atoms with van der Waals surface area (Å²) in [6.07, 6.45) is 1.93. The van der Waals surface area contributed by atoms with Crippen molar-refractivity contribution in [1.29, 1.82) is 0 Å². The molecule has 17 heavy (non-hydrogen) atoms. The zero-order valence-corrected chi connectivity index (χ0v) is 12.3. The molecule has 1 rings (SSSR count). The fraction of sp³-hybridized carbons (Fsp3) is 0.545. The maximum atomic E-state index is 11.7. The van der Waals surface area contributed by atoms with Crippen LogP contribution in [0.25, 0.3) is 0 Å². The maximum Gasteiger partial charge on any atom is 0.230 e. The Labute approximate surface area is 114 Å². The van der Waals surface area contributed by atoms with Crippen LogP contribution in [0.1, 0.15) is 6.92 Å². The Morgan fingerprint density at radius 3 is 2.94 bits per heavy atom. The minimum atomic E-state index is -0.00793. The lowest BCUT2D eigenvalue weighted by atomic mass is 10.2. The molecule has 0 saturated heterocycles. The van der Waals surface area contributed by atoms with Crippen LogP contribution in [0, 0.1) is 0 Å². The molecule has 0 radical (unpaired) electrons. The molecule has 0 aromatic carbocycles. The molecule has 0 aliphatic carbocycles. The maximum absolute atomic E-state index is 11.7. The minimum absolute atomic E-state index is 0.00793. The molecular formula is C11H17NO2S3. The first kappa shape index (κ1) is 14.9. The van der Waals surface area contributed by atoms with Crippen molar-refractivity contribution in [3.8, 4) is 0 Å². The predicted octanol–water partition coefficient (Wildman–Crippen LogP) is 2.07. The normalized spacial score (nSPS) is 14.3. The summed E-state index contributed by atoms with van der Waals surface area (Å²) in [5, 5.41) is 14.1. The van der Waals surface area contributed by atoms with Crippen LogP contribution in [0.15, 0.2) is 21.7 Å². The summed E-state index contributed by atoms with van der Waals surface area (Å²) in [7, 11) is 0. The molecule has 2 N–H and O–H groups in total. The van der Waals surface area contributed by atoms with Gasteiger partial charge in [0.1, 0.15) is 0 Å². The van der Waals surface area contributed by atoms with E-state index in [0.717, 1.165) is 4.21 Å². The van der Waals surface area contributed by atoms with E-state index < -0.39 is 0 Å². The standard InChI is InChI=1S/C11H17NO2S3/c1-8(9(6-13)15-2)12-10(14)7-17-11-4-3-5-16-11/h3-5,8-9,13H,6-7H2,1-2H3,(H,12,14). The van der Waals surface area contributed by atoms with E-state index in [1.54, 1.807) is 34.9 Å². The molecule has 0 spiro atoms. The fourth-order valence-corrected chi connectivity index (χ4v) is 3.53. The van der Waals surface area contributed by atoms with Gasteiger partial charge in [0.15, 0.2) is 0 Å². The van der Waals surface area contributed by atoms with Gasteiger partial charge in [0.25, 0.3) is 0 Å². The summed E-state index contributed by atoms with van der Waals surface area (Å²) in [6.45, 7) is 2.01. The highest BCUT2D eigenvalue weighted by Gasteiger charge is 2.17. The van der Waals surface area contributed by atoms with Crippen molar-refractivity contribution in [3.63, 3.8) is 0 Å². The molecule has 1 heterocycles. The molecule has 1 aromatic rings. The molecule has 0 fully saturated rings. The number of hydrogen-bond donors (Lipinski definition) is 2. The van der Waals surface area contributed by atoms with E-state index >= 15 is 0 Å². The number of hydrogen-bond acceptors (Lipinski definition) is 5. The summed E-state index contributed by atoms with van der Waals surface area (Å²) < 4.78 is 1.15. The number of amides is 1. The van der Waals surface area contributed by atoms with Crippen molar-refractivity contribution in [2.75, 3.05) is 18.6 Å². The van der Waals surface area contributed by atoms with Gasteiger partial charge in [0, 0.05) is 11.3 Å². The fourth-order valence-electron chi connectivity index (χ4n) is 1.31. The first-order valence-electron chi connectivity index (χ1n) is 5.26. The van der Waals surface area contributed by atoms with Crippen LogP contribution >= 0.6 is 34.9 Å². The lowest BCUT2D eigenvalue weighted by Gasteiger charge is -2.21. The summed E-state index contributed by atoms with van der Waals surface area (Å²) >= 11 is 4.75. The summed E-state index contributed by atoms with van der Waals surface area (Å²) in [6, 6.07) is 3.97. The van der Waals surface area contributed by atoms with Gasteiger partial charge in [-0.3, -0.25) is 4.79 Å². The average Bonchev–Trinajstić information content (AvgIpc) is 2.81. The number of aliphatic hydroxyl groups is 1. The highest BCUT2D eigenvalue weighted by molar-refractivity contribution is 8.01. The number of carbonyl (C=O) groups excluding carboxylic acids is 1. The SMILES string of the molecule is CSC(CO)C(C)NC(=O)CSc1cccs1. The van der Waals surface area contributed by atoms with Crippen LogP contribution in [0.5, 0.6) is 0 Å². The molecule has 2 atom stereocenters. The number of thiophene rings is 1. The van der Waals surface area contributed by atoms with Crippen LogP contribution in [0.4, 0.5) is 0 Å². The van der Waals surface area contributed by atoms with Crippen molar-refractivity contribution in [1.82, 2.24) is 5.32 Å². The lowest BCUT2D eigenvalue weighted by molar-refractivity contribution is -0.119. The second-order valence-electron chi connectivity index (χ2n) is 3.53. The Morgan fingerprint density at radius 2 is 2.41 bits per heavy atom. The van der Waals surface area contributed by atoms with E-state index in [-0.39, 0.29) is 23.8 Å². The molecule has 0 bridgehead atoms. The van der Waals surface area contributed by atoms with Gasteiger partial charge in [-0.25, -0.2) is 0 Å². The van der Waals surface area contributed by atoms with Gasteiger partial charge < -0.3 is 10.4 Å². The van der Waals surface area contributed by atoms with Gasteiger partial charge in [0.05, 0.1) is 16.6 Å². The molecule has 1 aromatic heterocycles. The molecule has 1 amide bonds. The van der Waals surface area contributed by atoms with E-state index in [1.807, 2.05) is 30.7 Å². The van der Waals surface area contributed by atoms with Crippen molar-refractivity contribution in [3.05, 3.63) is 17.5 Å². The first-order chi connectivity index (χ1) is 8.17. The number of rotatable bonds is 7. The molecular weight excluding hydrogens is 274 g/mol. The largest absolute Gasteiger partial charge is 0.395 e. The third-order valence-corrected chi connectivity index (χ3v) is 5.56. The Kier molecular flexibility index (Phi) is 7.03. The molecule has 96 valence electrons. The monoisotopic (exact) mass is 291 g/mol. The summed E-state index contributed by atoms with van der Waals surface area (Å²) in [4.78, 5) is 11.7. The van der Waals surface area contributed by atoms with E-state index in [0.29, 0.717) is 5.75 Å². The Bertz CT molecular complexity index is 325. The summed E-state index contributed by atoms with van der Waals surface area (Å²) in [5.41, 5.74) is 0. The van der Waals surface area contributed by atoms with Crippen molar-refractivity contribution in [2.45, 2.75) is 22.4 Å². The second kappa shape index (κ2) is 8.02. The highest BCUT2D eigenvalue weighted by Crippen LogP contribution is 2.23. The van der Waals surface area contributed by atoms with E-state index in [2.05, 4.69) is 5.32 Å². The quantitative estimate of drug-likeness (QED) is 0.755. The van der Waals surface area contributed by atoms with Crippen LogP contribution < -0.4 is 5.32 Å². The van der Waals surface area contributed by atoms with Crippen LogP contribution in [-0.2, 0) is 4.79 Å². The van der Waals surface area contributed by atoms with Gasteiger partial charge in [0.2, 0.25) is 5.91 Å². The van der Waals surface area contributed by atoms with E-state index in [9.17, 15) is 4.79 Å². The van der Waals surface area contributed by atoms with Gasteiger partial charge in [-0.05, 0) is 24.6 Å². The van der Waals surface area contributed by atoms with E-state index in [4.69, 9.17) is 5.11 Å². The van der Waals surface area contributed by atoms with Gasteiger partial charge in [-0.2, -0.15) is 11.8 Å². The molecule has 3 nitrogen and oxygen atoms in total. The molecule has 2 unspecified atom stereocenters. The topological polar surface area (TPSA) is 49.3 Å². The third-order valence-electron chi connectivity index (χ3n) is 2.27. The average molecular weight is 291 g/mol. The molecule has 0 aliphatic heterocycles. The molecule has 0 saturated carbocycles. The third kappa shape index (κ3) is 5.33. The first-order valence-corrected chi connectivity index (χ1v) is 8.42. The molecule has 0 aliphatic rings. The van der Waals surface area contributed by atoms with Gasteiger partial charge in [-0.15, -0.1) is 23.1 Å². The van der Waals surface area contributed by atoms with Crippen molar-refractivity contribution < 1.29 is 9.90 Å². The van der Waals surface area contributed by atoms with Crippen molar-refractivity contribution >= 4 is 40.8 Å².